The van der Waals surface area contributed by atoms with Gasteiger partial charge in [-0.25, -0.2) is 0 Å². The summed E-state index contributed by atoms with van der Waals surface area (Å²) in [6, 6.07) is 0. The van der Waals surface area contributed by atoms with Gasteiger partial charge in [-0.1, -0.05) is 27.7 Å². The van der Waals surface area contributed by atoms with Crippen LogP contribution in [0.15, 0.2) is 0 Å². The fourth-order valence-electron chi connectivity index (χ4n) is 1.31. The van der Waals surface area contributed by atoms with Crippen LogP contribution < -0.4 is 5.73 Å². The third-order valence-corrected chi connectivity index (χ3v) is 2.77. The molecule has 0 aromatic heterocycles. The van der Waals surface area contributed by atoms with Gasteiger partial charge in [-0.05, 0) is 25.2 Å². The first kappa shape index (κ1) is 12.6. The van der Waals surface area contributed by atoms with Crippen LogP contribution in [0.25, 0.3) is 0 Å². The Kier molecular flexibility index (Phi) is 5.23. The third-order valence-electron chi connectivity index (χ3n) is 2.77. The second-order valence-electron chi connectivity index (χ2n) is 4.22. The monoisotopic (exact) mass is 185 g/mol. The van der Waals surface area contributed by atoms with Crippen LogP contribution in [-0.2, 0) is 4.79 Å². The maximum absolute atomic E-state index is 11.7. The van der Waals surface area contributed by atoms with Gasteiger partial charge in [0.25, 0.3) is 0 Å². The smallest absolute Gasteiger partial charge is 0.152 e. The van der Waals surface area contributed by atoms with Crippen molar-refractivity contribution in [3.63, 3.8) is 0 Å². The SMILES string of the molecule is CCC(N)(CC)C(=O)CCC(C)C. The van der Waals surface area contributed by atoms with Gasteiger partial charge in [-0.3, -0.25) is 4.79 Å². The molecular formula is C11H23NO. The van der Waals surface area contributed by atoms with Gasteiger partial charge in [-0.15, -0.1) is 0 Å². The molecule has 0 spiro atoms. The summed E-state index contributed by atoms with van der Waals surface area (Å²) >= 11 is 0. The van der Waals surface area contributed by atoms with Gasteiger partial charge in [0.2, 0.25) is 0 Å². The molecule has 0 aliphatic carbocycles. The zero-order valence-corrected chi connectivity index (χ0v) is 9.39. The molecule has 78 valence electrons. The van der Waals surface area contributed by atoms with Gasteiger partial charge in [0, 0.05) is 6.42 Å². The van der Waals surface area contributed by atoms with Crippen molar-refractivity contribution in [2.45, 2.75) is 58.9 Å². The number of ketones is 1. The Labute approximate surface area is 81.9 Å². The minimum absolute atomic E-state index is 0.228. The highest BCUT2D eigenvalue weighted by Crippen LogP contribution is 2.17. The molecule has 2 heteroatoms. The molecule has 0 bridgehead atoms. The Morgan fingerprint density at radius 1 is 1.31 bits per heavy atom. The van der Waals surface area contributed by atoms with E-state index in [4.69, 9.17) is 5.73 Å². The molecule has 0 fully saturated rings. The van der Waals surface area contributed by atoms with Crippen molar-refractivity contribution in [1.82, 2.24) is 0 Å². The number of rotatable bonds is 6. The molecule has 0 aliphatic heterocycles. The van der Waals surface area contributed by atoms with Gasteiger partial charge in [0.05, 0.1) is 5.54 Å². The third kappa shape index (κ3) is 3.90. The van der Waals surface area contributed by atoms with Crippen LogP contribution in [0.5, 0.6) is 0 Å². The minimum atomic E-state index is -0.561. The van der Waals surface area contributed by atoms with Gasteiger partial charge in [0.1, 0.15) is 0 Å². The number of carbonyl (C=O) groups is 1. The van der Waals surface area contributed by atoms with E-state index in [0.717, 1.165) is 19.3 Å². The second-order valence-corrected chi connectivity index (χ2v) is 4.22. The van der Waals surface area contributed by atoms with E-state index in [0.29, 0.717) is 12.3 Å². The van der Waals surface area contributed by atoms with Gasteiger partial charge < -0.3 is 5.73 Å². The molecule has 0 saturated carbocycles. The fraction of sp³-hybridized carbons (Fsp3) is 0.909. The molecule has 0 unspecified atom stereocenters. The van der Waals surface area contributed by atoms with Crippen molar-refractivity contribution in [2.24, 2.45) is 11.7 Å². The summed E-state index contributed by atoms with van der Waals surface area (Å²) in [7, 11) is 0. The van der Waals surface area contributed by atoms with Gasteiger partial charge in [-0.2, -0.15) is 0 Å². The van der Waals surface area contributed by atoms with Crippen LogP contribution in [0, 0.1) is 5.92 Å². The van der Waals surface area contributed by atoms with E-state index in [9.17, 15) is 4.79 Å². The molecule has 0 rings (SSSR count). The zero-order chi connectivity index (χ0) is 10.5. The summed E-state index contributed by atoms with van der Waals surface area (Å²) in [5.74, 6) is 0.813. The first-order valence-corrected chi connectivity index (χ1v) is 5.28. The first-order chi connectivity index (χ1) is 5.96. The van der Waals surface area contributed by atoms with Gasteiger partial charge in [0.15, 0.2) is 5.78 Å². The fourth-order valence-corrected chi connectivity index (χ4v) is 1.31. The Morgan fingerprint density at radius 3 is 2.08 bits per heavy atom. The van der Waals surface area contributed by atoms with Crippen molar-refractivity contribution >= 4 is 5.78 Å². The van der Waals surface area contributed by atoms with Gasteiger partial charge >= 0.3 is 0 Å². The lowest BCUT2D eigenvalue weighted by Crippen LogP contribution is -2.46. The molecule has 2 N–H and O–H groups in total. The first-order valence-electron chi connectivity index (χ1n) is 5.28. The van der Waals surface area contributed by atoms with E-state index in [-0.39, 0.29) is 5.78 Å². The van der Waals surface area contributed by atoms with Crippen molar-refractivity contribution in [2.75, 3.05) is 0 Å². The number of Topliss-reactive ketones (excluding diaryl/α,β-unsaturated/α-hetero) is 1. The molecule has 13 heavy (non-hydrogen) atoms. The predicted molar refractivity (Wildman–Crippen MR) is 56.6 cm³/mol. The minimum Gasteiger partial charge on any atom is -0.319 e. The quantitative estimate of drug-likeness (QED) is 0.691. The van der Waals surface area contributed by atoms with E-state index in [1.807, 2.05) is 13.8 Å². The molecule has 0 atom stereocenters. The predicted octanol–water partition coefficient (Wildman–Crippen LogP) is 2.51. The van der Waals surface area contributed by atoms with Crippen molar-refractivity contribution in [1.29, 1.82) is 0 Å². The van der Waals surface area contributed by atoms with Crippen LogP contribution in [0.4, 0.5) is 0 Å². The highest BCUT2D eigenvalue weighted by Gasteiger charge is 2.28. The van der Waals surface area contributed by atoms with Crippen LogP contribution in [0.2, 0.25) is 0 Å². The number of nitrogens with two attached hydrogens (primary N) is 1. The second kappa shape index (κ2) is 5.38. The van der Waals surface area contributed by atoms with Crippen molar-refractivity contribution < 1.29 is 4.79 Å². The normalized spacial score (nSPS) is 12.2. The van der Waals surface area contributed by atoms with E-state index in [1.54, 1.807) is 0 Å². The topological polar surface area (TPSA) is 43.1 Å². The number of hydrogen-bond acceptors (Lipinski definition) is 2. The lowest BCUT2D eigenvalue weighted by molar-refractivity contribution is -0.124. The van der Waals surface area contributed by atoms with Crippen LogP contribution in [-0.4, -0.2) is 11.3 Å². The Hall–Kier alpha value is -0.370. The highest BCUT2D eigenvalue weighted by atomic mass is 16.1. The lowest BCUT2D eigenvalue weighted by atomic mass is 9.86. The summed E-state index contributed by atoms with van der Waals surface area (Å²) < 4.78 is 0. The Morgan fingerprint density at radius 2 is 1.77 bits per heavy atom. The summed E-state index contributed by atoms with van der Waals surface area (Å²) in [6.07, 6.45) is 3.09. The van der Waals surface area contributed by atoms with E-state index in [1.165, 1.54) is 0 Å². The molecule has 0 heterocycles. The maximum atomic E-state index is 11.7. The summed E-state index contributed by atoms with van der Waals surface area (Å²) in [5, 5.41) is 0. The molecular weight excluding hydrogens is 162 g/mol. The lowest BCUT2D eigenvalue weighted by Gasteiger charge is -2.25. The largest absolute Gasteiger partial charge is 0.319 e. The number of carbonyl (C=O) groups excluding carboxylic acids is 1. The maximum Gasteiger partial charge on any atom is 0.152 e. The van der Waals surface area contributed by atoms with E-state index >= 15 is 0 Å². The summed E-state index contributed by atoms with van der Waals surface area (Å²) in [6.45, 7) is 8.22. The van der Waals surface area contributed by atoms with E-state index in [2.05, 4.69) is 13.8 Å². The molecule has 2 nitrogen and oxygen atoms in total. The van der Waals surface area contributed by atoms with Crippen molar-refractivity contribution in [3.8, 4) is 0 Å². The number of hydrogen-bond donors (Lipinski definition) is 1. The van der Waals surface area contributed by atoms with Crippen molar-refractivity contribution in [3.05, 3.63) is 0 Å². The van der Waals surface area contributed by atoms with Crippen LogP contribution >= 0.6 is 0 Å². The zero-order valence-electron chi connectivity index (χ0n) is 9.39. The average Bonchev–Trinajstić information content (AvgIpc) is 2.12. The molecule has 0 saturated heterocycles. The summed E-state index contributed by atoms with van der Waals surface area (Å²) in [4.78, 5) is 11.7. The average molecular weight is 185 g/mol. The molecule has 0 aromatic rings. The molecule has 0 amide bonds. The van der Waals surface area contributed by atoms with Crippen LogP contribution in [0.1, 0.15) is 53.4 Å². The highest BCUT2D eigenvalue weighted by molar-refractivity contribution is 5.87. The van der Waals surface area contributed by atoms with Crippen LogP contribution in [0.3, 0.4) is 0 Å². The van der Waals surface area contributed by atoms with E-state index < -0.39 is 5.54 Å². The molecule has 0 radical (unpaired) electrons. The molecule has 0 aliphatic rings. The Balaban J connectivity index is 4.07. The Bertz CT molecular complexity index is 159. The standard InChI is InChI=1S/C11H23NO/c1-5-11(12,6-2)10(13)8-7-9(3)4/h9H,5-8,12H2,1-4H3. The molecule has 0 aromatic carbocycles. The summed E-state index contributed by atoms with van der Waals surface area (Å²) in [5.41, 5.74) is 5.42.